The lowest BCUT2D eigenvalue weighted by molar-refractivity contribution is -0.235. The van der Waals surface area contributed by atoms with Crippen LogP contribution in [0.25, 0.3) is 0 Å². The van der Waals surface area contributed by atoms with Gasteiger partial charge in [-0.05, 0) is 49.4 Å². The van der Waals surface area contributed by atoms with Crippen LogP contribution in [-0.2, 0) is 42.9 Å². The van der Waals surface area contributed by atoms with Crippen LogP contribution in [0.1, 0.15) is 81.1 Å². The van der Waals surface area contributed by atoms with Gasteiger partial charge in [0, 0.05) is 33.1 Å². The molecule has 4 aliphatic rings. The molecule has 4 saturated carbocycles. The van der Waals surface area contributed by atoms with Crippen molar-refractivity contribution in [2.75, 3.05) is 6.61 Å². The molecule has 0 unspecified atom stereocenters. The summed E-state index contributed by atoms with van der Waals surface area (Å²) in [7, 11) is 0. The third kappa shape index (κ3) is 4.76. The summed E-state index contributed by atoms with van der Waals surface area (Å²) in [6, 6.07) is 0. The summed E-state index contributed by atoms with van der Waals surface area (Å²) in [4.78, 5) is 64.9. The first-order valence-corrected chi connectivity index (χ1v) is 14.5. The van der Waals surface area contributed by atoms with Gasteiger partial charge in [-0.1, -0.05) is 27.7 Å². The van der Waals surface area contributed by atoms with Crippen molar-refractivity contribution in [3.63, 3.8) is 0 Å². The predicted molar refractivity (Wildman–Crippen MR) is 142 cm³/mol. The minimum absolute atomic E-state index is 0.00383. The standard InChI is InChI=1S/C30H44O11/c1-9-10-20(34)41-25-22-23(40-17(5)33)14(2)12-30(22,37)26(35)28(8,36)24-21-18(27(21,6)7)11-19(39-16(4)32)29(24,25)13-38-15(3)31/h14,18-19,21-25,36-37H,9-13H2,1-8H3/t14-,18-,19+,21-,22+,23-,24-,25+,28-,29+,30+/m1/s1. The summed E-state index contributed by atoms with van der Waals surface area (Å²) in [5, 5.41) is 24.6. The highest BCUT2D eigenvalue weighted by Gasteiger charge is 2.82. The Kier molecular flexibility index (Phi) is 7.91. The molecule has 0 amide bonds. The highest BCUT2D eigenvalue weighted by Crippen LogP contribution is 2.75. The highest BCUT2D eigenvalue weighted by atomic mass is 16.6. The topological polar surface area (TPSA) is 163 Å². The summed E-state index contributed by atoms with van der Waals surface area (Å²) < 4.78 is 23.5. The van der Waals surface area contributed by atoms with Gasteiger partial charge < -0.3 is 29.2 Å². The Hall–Kier alpha value is -2.53. The first-order valence-electron chi connectivity index (χ1n) is 14.5. The second kappa shape index (κ2) is 10.3. The second-order valence-corrected chi connectivity index (χ2v) is 13.5. The molecule has 0 aliphatic heterocycles. The summed E-state index contributed by atoms with van der Waals surface area (Å²) in [6.45, 7) is 12.0. The van der Waals surface area contributed by atoms with Crippen molar-refractivity contribution in [1.29, 1.82) is 0 Å². The zero-order chi connectivity index (χ0) is 30.9. The normalized spacial score (nSPS) is 43.9. The van der Waals surface area contributed by atoms with Gasteiger partial charge in [0.2, 0.25) is 0 Å². The quantitative estimate of drug-likeness (QED) is 0.335. The molecule has 11 heteroatoms. The Balaban J connectivity index is 2.09. The van der Waals surface area contributed by atoms with Crippen molar-refractivity contribution >= 4 is 29.7 Å². The number of hydrogen-bond donors (Lipinski definition) is 2. The third-order valence-electron chi connectivity index (χ3n) is 10.4. The van der Waals surface area contributed by atoms with Crippen LogP contribution in [-0.4, -0.2) is 76.0 Å². The van der Waals surface area contributed by atoms with Gasteiger partial charge in [-0.3, -0.25) is 24.0 Å². The van der Waals surface area contributed by atoms with E-state index in [1.54, 1.807) is 13.8 Å². The number of Topliss-reactive ketones (excluding diaryl/α,β-unsaturated/α-hetero) is 1. The van der Waals surface area contributed by atoms with Gasteiger partial charge in [-0.15, -0.1) is 0 Å². The lowest BCUT2D eigenvalue weighted by Gasteiger charge is -2.54. The van der Waals surface area contributed by atoms with Gasteiger partial charge in [0.05, 0.1) is 11.3 Å². The van der Waals surface area contributed by atoms with E-state index in [9.17, 15) is 34.2 Å². The van der Waals surface area contributed by atoms with Crippen molar-refractivity contribution in [2.45, 2.75) is 111 Å². The van der Waals surface area contributed by atoms with Crippen LogP contribution < -0.4 is 0 Å². The summed E-state index contributed by atoms with van der Waals surface area (Å²) >= 11 is 0. The van der Waals surface area contributed by atoms with E-state index in [0.29, 0.717) is 12.8 Å². The van der Waals surface area contributed by atoms with Gasteiger partial charge in [0.15, 0.2) is 5.78 Å². The number of carbonyl (C=O) groups excluding carboxylic acids is 5. The molecule has 2 N–H and O–H groups in total. The monoisotopic (exact) mass is 580 g/mol. The molecule has 41 heavy (non-hydrogen) atoms. The minimum Gasteiger partial charge on any atom is -0.465 e. The van der Waals surface area contributed by atoms with Gasteiger partial charge >= 0.3 is 23.9 Å². The molecule has 11 atom stereocenters. The van der Waals surface area contributed by atoms with E-state index in [4.69, 9.17) is 18.9 Å². The lowest BCUT2D eigenvalue weighted by Crippen LogP contribution is -2.65. The van der Waals surface area contributed by atoms with Crippen molar-refractivity contribution in [1.82, 2.24) is 0 Å². The maximum atomic E-state index is 14.4. The van der Waals surface area contributed by atoms with Crippen LogP contribution in [0, 0.1) is 40.4 Å². The fourth-order valence-electron chi connectivity index (χ4n) is 8.88. The Morgan fingerprint density at radius 3 is 2.07 bits per heavy atom. The molecule has 4 rings (SSSR count). The molecule has 4 fully saturated rings. The average Bonchev–Trinajstić information content (AvgIpc) is 3.28. The number of hydrogen-bond acceptors (Lipinski definition) is 11. The molecule has 230 valence electrons. The average molecular weight is 581 g/mol. The van der Waals surface area contributed by atoms with Crippen LogP contribution in [0.4, 0.5) is 0 Å². The summed E-state index contributed by atoms with van der Waals surface area (Å²) in [5.41, 5.74) is -6.57. The van der Waals surface area contributed by atoms with Gasteiger partial charge in [-0.25, -0.2) is 0 Å². The van der Waals surface area contributed by atoms with Crippen molar-refractivity contribution < 1.29 is 53.1 Å². The van der Waals surface area contributed by atoms with E-state index in [1.807, 2.05) is 13.8 Å². The first-order chi connectivity index (χ1) is 18.9. The van der Waals surface area contributed by atoms with Crippen molar-refractivity contribution in [3.8, 4) is 0 Å². The third-order valence-corrected chi connectivity index (χ3v) is 10.4. The number of rotatable bonds is 7. The first kappa shape index (κ1) is 31.4. The molecule has 11 nitrogen and oxygen atoms in total. The van der Waals surface area contributed by atoms with Crippen LogP contribution >= 0.6 is 0 Å². The molecule has 0 bridgehead atoms. The zero-order valence-electron chi connectivity index (χ0n) is 25.2. The van der Waals surface area contributed by atoms with Gasteiger partial charge in [0.25, 0.3) is 0 Å². The van der Waals surface area contributed by atoms with Crippen LogP contribution in [0.2, 0.25) is 0 Å². The number of aliphatic hydroxyl groups is 2. The lowest BCUT2D eigenvalue weighted by atomic mass is 9.55. The van der Waals surface area contributed by atoms with E-state index in [1.165, 1.54) is 27.7 Å². The molecule has 0 heterocycles. The fraction of sp³-hybridized carbons (Fsp3) is 0.833. The summed E-state index contributed by atoms with van der Waals surface area (Å²) in [5.74, 6) is -6.87. The SMILES string of the molecule is CCCC(=O)O[C@H]1[C@@H]2[C@H](OC(C)=O)[C@H](C)C[C@@]2(O)C(=O)[C@](C)(O)[C@H]2[C@H]3[C@@H](C[C@H](OC(C)=O)[C@]12COC(C)=O)C3(C)C. The number of carbonyl (C=O) groups is 5. The molecule has 0 saturated heterocycles. The van der Waals surface area contributed by atoms with E-state index in [-0.39, 0.29) is 24.7 Å². The Morgan fingerprint density at radius 2 is 1.54 bits per heavy atom. The molecule has 0 radical (unpaired) electrons. The molecule has 0 aromatic heterocycles. The van der Waals surface area contributed by atoms with E-state index >= 15 is 0 Å². The predicted octanol–water partition coefficient (Wildman–Crippen LogP) is 2.12. The number of esters is 4. The zero-order valence-corrected chi connectivity index (χ0v) is 25.2. The fourth-order valence-corrected chi connectivity index (χ4v) is 8.88. The molecular formula is C30H44O11. The van der Waals surface area contributed by atoms with Crippen molar-refractivity contribution in [2.24, 2.45) is 40.4 Å². The molecule has 0 aromatic rings. The van der Waals surface area contributed by atoms with Crippen LogP contribution in [0.5, 0.6) is 0 Å². The second-order valence-electron chi connectivity index (χ2n) is 13.5. The molecule has 0 spiro atoms. The largest absolute Gasteiger partial charge is 0.465 e. The Labute approximate surface area is 240 Å². The number of ether oxygens (including phenoxy) is 4. The maximum absolute atomic E-state index is 14.4. The van der Waals surface area contributed by atoms with E-state index < -0.39 is 94.4 Å². The van der Waals surface area contributed by atoms with Crippen LogP contribution in [0.15, 0.2) is 0 Å². The van der Waals surface area contributed by atoms with E-state index in [2.05, 4.69) is 0 Å². The highest BCUT2D eigenvalue weighted by molar-refractivity contribution is 5.96. The molecule has 4 aliphatic carbocycles. The summed E-state index contributed by atoms with van der Waals surface area (Å²) in [6.07, 6.45) is -3.02. The smallest absolute Gasteiger partial charge is 0.306 e. The Bertz CT molecular complexity index is 1130. The minimum atomic E-state index is -2.27. The van der Waals surface area contributed by atoms with Gasteiger partial charge in [-0.2, -0.15) is 0 Å². The van der Waals surface area contributed by atoms with Crippen LogP contribution in [0.3, 0.4) is 0 Å². The molecule has 0 aromatic carbocycles. The van der Waals surface area contributed by atoms with E-state index in [0.717, 1.165) is 0 Å². The van der Waals surface area contributed by atoms with Crippen molar-refractivity contribution in [3.05, 3.63) is 0 Å². The number of fused-ring (bicyclic) bond motifs is 4. The molecular weight excluding hydrogens is 536 g/mol. The maximum Gasteiger partial charge on any atom is 0.306 e. The number of ketones is 1. The van der Waals surface area contributed by atoms with Gasteiger partial charge in [0.1, 0.15) is 36.1 Å². The Morgan fingerprint density at radius 1 is 0.927 bits per heavy atom.